The van der Waals surface area contributed by atoms with Gasteiger partial charge in [0, 0.05) is 0 Å². The Balaban J connectivity index is 0.000000472. The molecule has 0 aliphatic carbocycles. The molecule has 0 aliphatic heterocycles. The van der Waals surface area contributed by atoms with Crippen LogP contribution in [-0.2, 0) is 10.1 Å². The summed E-state index contributed by atoms with van der Waals surface area (Å²) >= 11 is 0. The van der Waals surface area contributed by atoms with Gasteiger partial charge in [0.05, 0.1) is 4.90 Å². The highest BCUT2D eigenvalue weighted by Gasteiger charge is 2.25. The molecule has 1 aromatic rings. The molecule has 0 fully saturated rings. The number of benzene rings is 1. The van der Waals surface area contributed by atoms with Crippen molar-refractivity contribution in [1.29, 1.82) is 10.8 Å². The van der Waals surface area contributed by atoms with E-state index in [1.807, 2.05) is 6.92 Å². The Labute approximate surface area is 148 Å². The van der Waals surface area contributed by atoms with Crippen LogP contribution in [0.5, 0.6) is 0 Å². The lowest BCUT2D eigenvalue weighted by molar-refractivity contribution is 0.483. The van der Waals surface area contributed by atoms with Crippen molar-refractivity contribution in [2.75, 3.05) is 0 Å². The maximum absolute atomic E-state index is 10.5. The molecule has 0 unspecified atom stereocenters. The van der Waals surface area contributed by atoms with E-state index in [0.29, 0.717) is 0 Å². The molecular formula is C15H26N6O3S. The average Bonchev–Trinajstić information content (AvgIpc) is 2.45. The van der Waals surface area contributed by atoms with Crippen LogP contribution in [0, 0.1) is 17.7 Å². The molecule has 1 rings (SSSR count). The van der Waals surface area contributed by atoms with Crippen LogP contribution in [-0.4, -0.2) is 35.7 Å². The topological polar surface area (TPSA) is 179 Å². The highest BCUT2D eigenvalue weighted by atomic mass is 32.2. The largest absolute Gasteiger partial charge is 0.386 e. The Morgan fingerprint density at radius 1 is 0.960 bits per heavy atom. The number of hydrogen-bond acceptors (Lipinski definition) is 6. The lowest BCUT2D eigenvalue weighted by atomic mass is 10.1. The summed E-state index contributed by atoms with van der Waals surface area (Å²) in [7, 11) is -4.02. The smallest absolute Gasteiger partial charge is 0.294 e. The van der Waals surface area contributed by atoms with Gasteiger partial charge in [-0.15, -0.1) is 0 Å². The molecule has 0 aromatic heterocycles. The Morgan fingerprint density at radius 3 is 1.52 bits per heavy atom. The summed E-state index contributed by atoms with van der Waals surface area (Å²) < 4.78 is 29.6. The fraction of sp³-hybridized carbons (Fsp3) is 0.467. The molecule has 0 heterocycles. The molecule has 0 bridgehead atoms. The van der Waals surface area contributed by atoms with Gasteiger partial charge in [-0.2, -0.15) is 18.6 Å². The second-order valence-electron chi connectivity index (χ2n) is 6.43. The maximum Gasteiger partial charge on any atom is 0.294 e. The third kappa shape index (κ3) is 7.86. The van der Waals surface area contributed by atoms with Crippen molar-refractivity contribution in [2.45, 2.75) is 50.6 Å². The van der Waals surface area contributed by atoms with Crippen LogP contribution in [0.15, 0.2) is 39.4 Å². The number of nitrogens with one attached hydrogen (secondary N) is 2. The highest BCUT2D eigenvalue weighted by Crippen LogP contribution is 2.15. The summed E-state index contributed by atoms with van der Waals surface area (Å²) in [6.07, 6.45) is 0. The number of rotatable bonds is 5. The van der Waals surface area contributed by atoms with Crippen molar-refractivity contribution in [2.24, 2.45) is 21.7 Å². The molecule has 0 aliphatic rings. The Morgan fingerprint density at radius 2 is 1.28 bits per heavy atom. The van der Waals surface area contributed by atoms with Gasteiger partial charge in [0.2, 0.25) is 0 Å². The number of nitrogens with two attached hydrogens (primary N) is 2. The Bertz CT molecular complexity index is 724. The van der Waals surface area contributed by atoms with Crippen LogP contribution in [0.1, 0.15) is 33.3 Å². The molecule has 1 aromatic carbocycles. The number of azo groups is 1. The van der Waals surface area contributed by atoms with Gasteiger partial charge in [-0.05, 0) is 46.8 Å². The molecule has 0 spiro atoms. The first-order chi connectivity index (χ1) is 11.1. The number of amidine groups is 2. The SMILES string of the molecule is CC(C)(N=NC(C)(C)C(=N)N)C(=N)N.Cc1ccc(S(=O)(=O)O)cc1. The van der Waals surface area contributed by atoms with Crippen LogP contribution < -0.4 is 11.5 Å². The van der Waals surface area contributed by atoms with Crippen LogP contribution in [0.4, 0.5) is 0 Å². The molecule has 0 amide bonds. The van der Waals surface area contributed by atoms with E-state index in [1.54, 1.807) is 39.8 Å². The second-order valence-corrected chi connectivity index (χ2v) is 7.86. The van der Waals surface area contributed by atoms with E-state index in [4.69, 9.17) is 26.8 Å². The normalized spacial score (nSPS) is 12.4. The Kier molecular flexibility index (Phi) is 7.41. The van der Waals surface area contributed by atoms with Crippen molar-refractivity contribution >= 4 is 21.8 Å². The van der Waals surface area contributed by atoms with E-state index in [0.717, 1.165) is 5.56 Å². The summed E-state index contributed by atoms with van der Waals surface area (Å²) in [6, 6.07) is 5.99. The fourth-order valence-corrected chi connectivity index (χ4v) is 1.55. The van der Waals surface area contributed by atoms with Crippen molar-refractivity contribution in [1.82, 2.24) is 0 Å². The first-order valence-electron chi connectivity index (χ1n) is 7.27. The van der Waals surface area contributed by atoms with Gasteiger partial charge >= 0.3 is 0 Å². The van der Waals surface area contributed by atoms with E-state index in [2.05, 4.69) is 10.2 Å². The number of aryl methyl sites for hydroxylation is 1. The van der Waals surface area contributed by atoms with E-state index in [1.165, 1.54) is 12.1 Å². The van der Waals surface area contributed by atoms with Crippen molar-refractivity contribution < 1.29 is 13.0 Å². The van der Waals surface area contributed by atoms with E-state index in [9.17, 15) is 8.42 Å². The molecule has 0 radical (unpaired) electrons. The molecule has 9 nitrogen and oxygen atoms in total. The maximum atomic E-state index is 10.5. The van der Waals surface area contributed by atoms with Gasteiger partial charge in [0.15, 0.2) is 0 Å². The minimum Gasteiger partial charge on any atom is -0.386 e. The van der Waals surface area contributed by atoms with Crippen LogP contribution >= 0.6 is 0 Å². The third-order valence-corrected chi connectivity index (χ3v) is 4.05. The fourth-order valence-electron chi connectivity index (χ4n) is 1.07. The standard InChI is InChI=1S/C8H18N6.C7H8O3S/c1-7(2,5(9)10)13-14-8(3,4)6(11)12;1-6-2-4-7(5-3-6)11(8,9)10/h1-4H3,(H3,9,10)(H3,11,12);2-5H,1H3,(H,8,9,10). The van der Waals surface area contributed by atoms with Crippen LogP contribution in [0.25, 0.3) is 0 Å². The third-order valence-electron chi connectivity index (χ3n) is 3.19. The van der Waals surface area contributed by atoms with Crippen molar-refractivity contribution in [3.8, 4) is 0 Å². The molecule has 0 atom stereocenters. The zero-order valence-electron chi connectivity index (χ0n) is 15.0. The first kappa shape index (κ1) is 22.7. The average molecular weight is 370 g/mol. The second kappa shape index (κ2) is 8.17. The minimum atomic E-state index is -4.02. The lowest BCUT2D eigenvalue weighted by Gasteiger charge is -2.20. The van der Waals surface area contributed by atoms with Gasteiger partial charge in [0.25, 0.3) is 10.1 Å². The molecule has 25 heavy (non-hydrogen) atoms. The molecular weight excluding hydrogens is 344 g/mol. The lowest BCUT2D eigenvalue weighted by Crippen LogP contribution is -2.38. The van der Waals surface area contributed by atoms with Gasteiger partial charge in [0.1, 0.15) is 22.7 Å². The molecule has 0 saturated heterocycles. The van der Waals surface area contributed by atoms with E-state index in [-0.39, 0.29) is 16.6 Å². The zero-order valence-corrected chi connectivity index (χ0v) is 15.8. The van der Waals surface area contributed by atoms with E-state index < -0.39 is 21.2 Å². The minimum absolute atomic E-state index is 0.0666. The summed E-state index contributed by atoms with van der Waals surface area (Å²) in [5.74, 6) is -0.138. The summed E-state index contributed by atoms with van der Waals surface area (Å²) in [5.41, 5.74) is 9.92. The molecule has 140 valence electrons. The van der Waals surface area contributed by atoms with Crippen molar-refractivity contribution in [3.05, 3.63) is 29.8 Å². The van der Waals surface area contributed by atoms with Gasteiger partial charge < -0.3 is 11.5 Å². The molecule has 0 saturated carbocycles. The van der Waals surface area contributed by atoms with Crippen LogP contribution in [0.2, 0.25) is 0 Å². The van der Waals surface area contributed by atoms with Gasteiger partial charge in [-0.1, -0.05) is 17.7 Å². The van der Waals surface area contributed by atoms with E-state index >= 15 is 0 Å². The molecule has 10 heteroatoms. The number of hydrogen-bond donors (Lipinski definition) is 5. The predicted molar refractivity (Wildman–Crippen MR) is 97.8 cm³/mol. The highest BCUT2D eigenvalue weighted by molar-refractivity contribution is 7.85. The van der Waals surface area contributed by atoms with Gasteiger partial charge in [-0.3, -0.25) is 15.4 Å². The quantitative estimate of drug-likeness (QED) is 0.230. The van der Waals surface area contributed by atoms with Crippen molar-refractivity contribution in [3.63, 3.8) is 0 Å². The summed E-state index contributed by atoms with van der Waals surface area (Å²) in [5, 5.41) is 22.3. The summed E-state index contributed by atoms with van der Waals surface area (Å²) in [4.78, 5) is -0.0666. The van der Waals surface area contributed by atoms with Crippen LogP contribution in [0.3, 0.4) is 0 Å². The zero-order chi connectivity index (χ0) is 20.1. The summed E-state index contributed by atoms with van der Waals surface area (Å²) in [6.45, 7) is 8.54. The monoisotopic (exact) mass is 370 g/mol. The predicted octanol–water partition coefficient (Wildman–Crippen LogP) is 2.11. The Hall–Kier alpha value is -2.33. The molecule has 7 N–H and O–H groups in total. The first-order valence-corrected chi connectivity index (χ1v) is 8.71. The number of nitrogens with zero attached hydrogens (tertiary/aromatic N) is 2. The van der Waals surface area contributed by atoms with Gasteiger partial charge in [-0.25, -0.2) is 0 Å².